The normalized spacial score (nSPS) is 12.8. The fourth-order valence-electron chi connectivity index (χ4n) is 2.18. The largest absolute Gasteiger partial charge is 0.486 e. The molecule has 1 aliphatic heterocycles. The van der Waals surface area contributed by atoms with Crippen LogP contribution in [0.15, 0.2) is 47.6 Å². The number of benzene rings is 2. The lowest BCUT2D eigenvalue weighted by Crippen LogP contribution is -2.18. The van der Waals surface area contributed by atoms with Crippen molar-refractivity contribution in [1.82, 2.24) is 5.43 Å². The number of ether oxygens (including phenoxy) is 2. The molecular formula is C16H13N3O5. The molecule has 0 aromatic heterocycles. The number of nitro benzene ring substituents is 1. The SMILES string of the molecule is O=C(N/N=C\c1cccc2c1OCCO2)c1cccc([N+](=O)[O-])c1. The zero-order valence-corrected chi connectivity index (χ0v) is 12.5. The second kappa shape index (κ2) is 6.78. The molecule has 0 bridgehead atoms. The van der Waals surface area contributed by atoms with Gasteiger partial charge < -0.3 is 9.47 Å². The van der Waals surface area contributed by atoms with Gasteiger partial charge in [0.15, 0.2) is 11.5 Å². The number of hydrogen-bond acceptors (Lipinski definition) is 6. The first-order valence-electron chi connectivity index (χ1n) is 7.11. The molecule has 0 saturated heterocycles. The predicted molar refractivity (Wildman–Crippen MR) is 85.6 cm³/mol. The molecule has 0 unspecified atom stereocenters. The fourth-order valence-corrected chi connectivity index (χ4v) is 2.18. The van der Waals surface area contributed by atoms with E-state index in [9.17, 15) is 14.9 Å². The first kappa shape index (κ1) is 15.5. The Kier molecular flexibility index (Phi) is 4.37. The highest BCUT2D eigenvalue weighted by atomic mass is 16.6. The summed E-state index contributed by atoms with van der Waals surface area (Å²) < 4.78 is 11.0. The Morgan fingerprint density at radius 3 is 2.83 bits per heavy atom. The molecule has 0 radical (unpaired) electrons. The van der Waals surface area contributed by atoms with Crippen LogP contribution in [0, 0.1) is 10.1 Å². The number of rotatable bonds is 4. The van der Waals surface area contributed by atoms with Crippen LogP contribution in [0.4, 0.5) is 5.69 Å². The lowest BCUT2D eigenvalue weighted by Gasteiger charge is -2.19. The minimum Gasteiger partial charge on any atom is -0.486 e. The van der Waals surface area contributed by atoms with Crippen LogP contribution in [0.25, 0.3) is 0 Å². The summed E-state index contributed by atoms with van der Waals surface area (Å²) in [7, 11) is 0. The van der Waals surface area contributed by atoms with Gasteiger partial charge in [-0.3, -0.25) is 14.9 Å². The van der Waals surface area contributed by atoms with Gasteiger partial charge >= 0.3 is 0 Å². The van der Waals surface area contributed by atoms with Crippen LogP contribution in [0.5, 0.6) is 11.5 Å². The van der Waals surface area contributed by atoms with Gasteiger partial charge in [-0.15, -0.1) is 0 Å². The van der Waals surface area contributed by atoms with Gasteiger partial charge in [-0.2, -0.15) is 5.10 Å². The number of non-ortho nitro benzene ring substituents is 1. The number of para-hydroxylation sites is 1. The topological polar surface area (TPSA) is 103 Å². The van der Waals surface area contributed by atoms with Crippen molar-refractivity contribution in [3.63, 3.8) is 0 Å². The highest BCUT2D eigenvalue weighted by Gasteiger charge is 2.14. The molecule has 1 heterocycles. The van der Waals surface area contributed by atoms with Gasteiger partial charge in [-0.1, -0.05) is 12.1 Å². The third-order valence-corrected chi connectivity index (χ3v) is 3.29. The van der Waals surface area contributed by atoms with E-state index in [0.29, 0.717) is 30.3 Å². The predicted octanol–water partition coefficient (Wildman–Crippen LogP) is 2.13. The van der Waals surface area contributed by atoms with E-state index in [0.717, 1.165) is 0 Å². The van der Waals surface area contributed by atoms with Crippen LogP contribution in [0.2, 0.25) is 0 Å². The number of nitrogens with zero attached hydrogens (tertiary/aromatic N) is 2. The molecule has 0 aliphatic carbocycles. The van der Waals surface area contributed by atoms with E-state index >= 15 is 0 Å². The minimum atomic E-state index is -0.562. The third-order valence-electron chi connectivity index (χ3n) is 3.29. The van der Waals surface area contributed by atoms with Crippen LogP contribution in [-0.2, 0) is 0 Å². The van der Waals surface area contributed by atoms with Crippen LogP contribution < -0.4 is 14.9 Å². The summed E-state index contributed by atoms with van der Waals surface area (Å²) in [5.74, 6) is 0.643. The van der Waals surface area contributed by atoms with E-state index in [4.69, 9.17) is 9.47 Å². The second-order valence-electron chi connectivity index (χ2n) is 4.88. The maximum atomic E-state index is 12.0. The fraction of sp³-hybridized carbons (Fsp3) is 0.125. The Balaban J connectivity index is 1.72. The van der Waals surface area contributed by atoms with Crippen molar-refractivity contribution >= 4 is 17.8 Å². The van der Waals surface area contributed by atoms with Crippen LogP contribution in [0.1, 0.15) is 15.9 Å². The molecule has 122 valence electrons. The molecule has 0 fully saturated rings. The van der Waals surface area contributed by atoms with E-state index in [1.54, 1.807) is 18.2 Å². The molecule has 8 nitrogen and oxygen atoms in total. The monoisotopic (exact) mass is 327 g/mol. The van der Waals surface area contributed by atoms with E-state index < -0.39 is 10.8 Å². The molecule has 2 aromatic rings. The summed E-state index contributed by atoms with van der Waals surface area (Å²) in [6.07, 6.45) is 1.43. The average molecular weight is 327 g/mol. The molecule has 1 N–H and O–H groups in total. The van der Waals surface area contributed by atoms with Gasteiger partial charge in [-0.25, -0.2) is 5.43 Å². The Morgan fingerprint density at radius 2 is 2.00 bits per heavy atom. The molecule has 2 aromatic carbocycles. The minimum absolute atomic E-state index is 0.149. The summed E-state index contributed by atoms with van der Waals surface area (Å²) in [6, 6.07) is 10.8. The Labute approximate surface area is 136 Å². The first-order valence-corrected chi connectivity index (χ1v) is 7.11. The van der Waals surface area contributed by atoms with Crippen molar-refractivity contribution in [2.45, 2.75) is 0 Å². The van der Waals surface area contributed by atoms with E-state index in [1.165, 1.54) is 30.5 Å². The van der Waals surface area contributed by atoms with Crippen molar-refractivity contribution in [3.8, 4) is 11.5 Å². The zero-order chi connectivity index (χ0) is 16.9. The van der Waals surface area contributed by atoms with Crippen LogP contribution >= 0.6 is 0 Å². The number of amides is 1. The number of nitrogens with one attached hydrogen (secondary N) is 1. The zero-order valence-electron chi connectivity index (χ0n) is 12.5. The maximum absolute atomic E-state index is 12.0. The molecule has 3 rings (SSSR count). The summed E-state index contributed by atoms with van der Waals surface area (Å²) >= 11 is 0. The van der Waals surface area contributed by atoms with Gasteiger partial charge in [0.25, 0.3) is 11.6 Å². The Hall–Kier alpha value is -3.42. The number of hydrogen-bond donors (Lipinski definition) is 1. The number of fused-ring (bicyclic) bond motifs is 1. The van der Waals surface area contributed by atoms with Gasteiger partial charge in [0.05, 0.1) is 11.1 Å². The van der Waals surface area contributed by atoms with E-state index in [2.05, 4.69) is 10.5 Å². The number of carbonyl (C=O) groups is 1. The Morgan fingerprint density at radius 1 is 1.21 bits per heavy atom. The average Bonchev–Trinajstić information content (AvgIpc) is 2.62. The molecule has 1 amide bonds. The maximum Gasteiger partial charge on any atom is 0.271 e. The highest BCUT2D eigenvalue weighted by molar-refractivity contribution is 5.95. The summed E-state index contributed by atoms with van der Waals surface area (Å²) in [5, 5.41) is 14.6. The lowest BCUT2D eigenvalue weighted by atomic mass is 10.2. The summed E-state index contributed by atoms with van der Waals surface area (Å²) in [5.41, 5.74) is 2.98. The molecule has 24 heavy (non-hydrogen) atoms. The van der Waals surface area contributed by atoms with E-state index in [1.807, 2.05) is 0 Å². The van der Waals surface area contributed by atoms with Crippen molar-refractivity contribution in [3.05, 3.63) is 63.7 Å². The van der Waals surface area contributed by atoms with Gasteiger partial charge in [0.2, 0.25) is 0 Å². The standard InChI is InChI=1S/C16H13N3O5/c20-16(11-3-1-5-13(9-11)19(21)22)18-17-10-12-4-2-6-14-15(12)24-8-7-23-14/h1-6,9-10H,7-8H2,(H,18,20)/b17-10-. The Bertz CT molecular complexity index is 819. The van der Waals surface area contributed by atoms with Crippen molar-refractivity contribution in [2.75, 3.05) is 13.2 Å². The molecule has 1 aliphatic rings. The van der Waals surface area contributed by atoms with Gasteiger partial charge in [0, 0.05) is 23.3 Å². The second-order valence-corrected chi connectivity index (χ2v) is 4.88. The number of nitro groups is 1. The van der Waals surface area contributed by atoms with Gasteiger partial charge in [-0.05, 0) is 18.2 Å². The van der Waals surface area contributed by atoms with Crippen molar-refractivity contribution in [2.24, 2.45) is 5.10 Å². The highest BCUT2D eigenvalue weighted by Crippen LogP contribution is 2.32. The number of carbonyl (C=O) groups excluding carboxylic acids is 1. The summed E-state index contributed by atoms with van der Waals surface area (Å²) in [4.78, 5) is 22.2. The summed E-state index contributed by atoms with van der Waals surface area (Å²) in [6.45, 7) is 0.926. The first-order chi connectivity index (χ1) is 11.6. The number of hydrazone groups is 1. The molecule has 0 spiro atoms. The van der Waals surface area contributed by atoms with Crippen LogP contribution in [0.3, 0.4) is 0 Å². The molecule has 8 heteroatoms. The van der Waals surface area contributed by atoms with Crippen molar-refractivity contribution in [1.29, 1.82) is 0 Å². The van der Waals surface area contributed by atoms with Gasteiger partial charge in [0.1, 0.15) is 13.2 Å². The van der Waals surface area contributed by atoms with Crippen molar-refractivity contribution < 1.29 is 19.2 Å². The molecule has 0 saturated carbocycles. The molecule has 0 atom stereocenters. The quantitative estimate of drug-likeness (QED) is 0.526. The van der Waals surface area contributed by atoms with E-state index in [-0.39, 0.29) is 11.3 Å². The molecular weight excluding hydrogens is 314 g/mol. The third kappa shape index (κ3) is 3.32. The smallest absolute Gasteiger partial charge is 0.271 e. The van der Waals surface area contributed by atoms with Crippen LogP contribution in [-0.4, -0.2) is 30.3 Å². The lowest BCUT2D eigenvalue weighted by molar-refractivity contribution is -0.384.